The van der Waals surface area contributed by atoms with E-state index in [4.69, 9.17) is 4.98 Å². The number of rotatable bonds is 3. The van der Waals surface area contributed by atoms with Gasteiger partial charge in [-0.05, 0) is 39.1 Å². The molecule has 2 saturated heterocycles. The first-order chi connectivity index (χ1) is 13.6. The van der Waals surface area contributed by atoms with Crippen molar-refractivity contribution in [2.45, 2.75) is 24.9 Å². The van der Waals surface area contributed by atoms with Crippen molar-refractivity contribution in [1.82, 2.24) is 14.9 Å². The number of carbonyl (C=O) groups is 1. The first-order valence-electron chi connectivity index (χ1n) is 9.77. The Balaban J connectivity index is 1.45. The van der Waals surface area contributed by atoms with Crippen LogP contribution in [0, 0.1) is 0 Å². The maximum atomic E-state index is 13.1. The number of anilines is 4. The molecule has 5 heterocycles. The van der Waals surface area contributed by atoms with Gasteiger partial charge in [-0.15, -0.1) is 11.3 Å². The molecule has 2 bridgehead atoms. The lowest BCUT2D eigenvalue weighted by molar-refractivity contribution is 0.255. The Morgan fingerprint density at radius 3 is 2.82 bits per heavy atom. The number of amides is 2. The average molecular weight is 400 g/mol. The topological polar surface area (TPSA) is 67.8 Å². The molecular formula is C19H25N7OS. The van der Waals surface area contributed by atoms with Gasteiger partial charge in [0.1, 0.15) is 5.82 Å². The third-order valence-electron chi connectivity index (χ3n) is 6.02. The van der Waals surface area contributed by atoms with E-state index in [1.165, 1.54) is 11.3 Å². The molecule has 2 fully saturated rings. The number of nitrogens with zero attached hydrogens (tertiary/aromatic N) is 6. The molecule has 0 aliphatic carbocycles. The van der Waals surface area contributed by atoms with E-state index in [0.29, 0.717) is 11.2 Å². The van der Waals surface area contributed by atoms with E-state index in [2.05, 4.69) is 51.2 Å². The minimum atomic E-state index is -0.139. The van der Waals surface area contributed by atoms with Gasteiger partial charge in [0, 0.05) is 43.8 Å². The molecule has 2 atom stereocenters. The molecule has 2 aromatic heterocycles. The third kappa shape index (κ3) is 2.98. The van der Waals surface area contributed by atoms with Crippen LogP contribution in [0.3, 0.4) is 0 Å². The van der Waals surface area contributed by atoms with Crippen LogP contribution in [-0.2, 0) is 0 Å². The molecule has 28 heavy (non-hydrogen) atoms. The normalized spacial score (nSPS) is 23.5. The number of urea groups is 1. The van der Waals surface area contributed by atoms with Crippen LogP contribution in [0.2, 0.25) is 0 Å². The lowest BCUT2D eigenvalue weighted by atomic mass is 10.2. The number of carbonyl (C=O) groups excluding carboxylic acids is 1. The summed E-state index contributed by atoms with van der Waals surface area (Å²) in [7, 11) is 4.26. The quantitative estimate of drug-likeness (QED) is 0.854. The van der Waals surface area contributed by atoms with Crippen molar-refractivity contribution in [2.24, 2.45) is 0 Å². The van der Waals surface area contributed by atoms with Gasteiger partial charge in [-0.25, -0.2) is 14.8 Å². The maximum Gasteiger partial charge on any atom is 0.329 e. The summed E-state index contributed by atoms with van der Waals surface area (Å²) < 4.78 is 0. The summed E-state index contributed by atoms with van der Waals surface area (Å²) in [5.74, 6) is 1.73. The molecule has 8 nitrogen and oxygen atoms in total. The lowest BCUT2D eigenvalue weighted by Gasteiger charge is -2.36. The molecule has 148 valence electrons. The van der Waals surface area contributed by atoms with Crippen molar-refractivity contribution in [3.63, 3.8) is 0 Å². The van der Waals surface area contributed by atoms with Gasteiger partial charge >= 0.3 is 6.03 Å². The molecule has 3 aliphatic heterocycles. The molecular weight excluding hydrogens is 374 g/mol. The van der Waals surface area contributed by atoms with Gasteiger partial charge in [-0.3, -0.25) is 10.2 Å². The average Bonchev–Trinajstić information content (AvgIpc) is 3.43. The summed E-state index contributed by atoms with van der Waals surface area (Å²) in [6.45, 7) is 3.79. The maximum absolute atomic E-state index is 13.1. The Morgan fingerprint density at radius 2 is 2.07 bits per heavy atom. The Labute approximate surface area is 168 Å². The van der Waals surface area contributed by atoms with Crippen molar-refractivity contribution < 1.29 is 4.79 Å². The largest absolute Gasteiger partial charge is 0.366 e. The first-order valence-corrected chi connectivity index (χ1v) is 10.6. The van der Waals surface area contributed by atoms with Crippen molar-refractivity contribution in [3.8, 4) is 0 Å². The second-order valence-electron chi connectivity index (χ2n) is 7.89. The summed E-state index contributed by atoms with van der Waals surface area (Å²) in [5, 5.41) is 5.43. The molecule has 3 aliphatic rings. The van der Waals surface area contributed by atoms with E-state index in [9.17, 15) is 4.79 Å². The van der Waals surface area contributed by atoms with E-state index in [-0.39, 0.29) is 12.1 Å². The number of hydrogen-bond acceptors (Lipinski definition) is 7. The van der Waals surface area contributed by atoms with Crippen molar-refractivity contribution in [1.29, 1.82) is 0 Å². The zero-order chi connectivity index (χ0) is 19.3. The Morgan fingerprint density at radius 1 is 1.21 bits per heavy atom. The summed E-state index contributed by atoms with van der Waals surface area (Å²) in [6.07, 6.45) is 3.80. The molecule has 2 amide bonds. The predicted molar refractivity (Wildman–Crippen MR) is 113 cm³/mol. The van der Waals surface area contributed by atoms with E-state index < -0.39 is 0 Å². The van der Waals surface area contributed by atoms with Crippen LogP contribution in [0.1, 0.15) is 12.8 Å². The highest BCUT2D eigenvalue weighted by atomic mass is 32.1. The molecule has 0 spiro atoms. The Bertz CT molecular complexity index is 871. The molecule has 0 aromatic carbocycles. The van der Waals surface area contributed by atoms with Gasteiger partial charge in [-0.2, -0.15) is 0 Å². The summed E-state index contributed by atoms with van der Waals surface area (Å²) in [5.41, 5.74) is 1.05. The monoisotopic (exact) mass is 399 g/mol. The molecule has 5 rings (SSSR count). The van der Waals surface area contributed by atoms with Crippen LogP contribution in [0.15, 0.2) is 23.7 Å². The van der Waals surface area contributed by atoms with Crippen LogP contribution in [-0.4, -0.2) is 73.3 Å². The highest BCUT2D eigenvalue weighted by Crippen LogP contribution is 2.40. The standard InChI is InChI=1S/C19H25N7OS/c1-23(2)13-5-9-25(11-13)16-4-3-15-17(21-16)26(14-6-8-24(15)12-14)19(27)22-18-20-7-10-28-18/h3-4,7,10,13-14H,5-6,8-9,11-12H2,1-2H3,(H,20,22,27)/t13-,14-/m0/s1. The van der Waals surface area contributed by atoms with Crippen LogP contribution in [0.5, 0.6) is 0 Å². The van der Waals surface area contributed by atoms with E-state index in [1.54, 1.807) is 6.20 Å². The number of aromatic nitrogens is 2. The molecule has 9 heteroatoms. The number of fused-ring (bicyclic) bond motifs is 4. The number of pyridine rings is 1. The van der Waals surface area contributed by atoms with Gasteiger partial charge in [-0.1, -0.05) is 0 Å². The SMILES string of the molecule is CN(C)[C@H]1CCN(c2ccc3c(n2)N(C(=O)Nc2nccs2)[C@H]2CCN3C2)C1. The smallest absolute Gasteiger partial charge is 0.329 e. The van der Waals surface area contributed by atoms with Crippen molar-refractivity contribution >= 4 is 39.8 Å². The fourth-order valence-corrected chi connectivity index (χ4v) is 4.96. The number of hydrogen-bond donors (Lipinski definition) is 1. The number of likely N-dealkylation sites (N-methyl/N-ethyl adjacent to an activating group) is 1. The Kier molecular flexibility index (Phi) is 4.36. The van der Waals surface area contributed by atoms with Crippen LogP contribution in [0.4, 0.5) is 27.2 Å². The molecule has 0 saturated carbocycles. The Hall–Kier alpha value is -2.39. The fraction of sp³-hybridized carbons (Fsp3) is 0.526. The molecule has 0 radical (unpaired) electrons. The summed E-state index contributed by atoms with van der Waals surface area (Å²) >= 11 is 1.43. The van der Waals surface area contributed by atoms with Crippen molar-refractivity contribution in [3.05, 3.63) is 23.7 Å². The first kappa shape index (κ1) is 17.7. The zero-order valence-corrected chi connectivity index (χ0v) is 17.0. The fourth-order valence-electron chi connectivity index (χ4n) is 4.45. The second-order valence-corrected chi connectivity index (χ2v) is 8.78. The predicted octanol–water partition coefficient (Wildman–Crippen LogP) is 2.31. The minimum absolute atomic E-state index is 0.139. The highest BCUT2D eigenvalue weighted by Gasteiger charge is 2.41. The summed E-state index contributed by atoms with van der Waals surface area (Å²) in [6, 6.07) is 4.79. The molecule has 0 unspecified atom stereocenters. The molecule has 1 N–H and O–H groups in total. The van der Waals surface area contributed by atoms with Gasteiger partial charge < -0.3 is 14.7 Å². The van der Waals surface area contributed by atoms with E-state index >= 15 is 0 Å². The highest BCUT2D eigenvalue weighted by molar-refractivity contribution is 7.13. The lowest BCUT2D eigenvalue weighted by Crippen LogP contribution is -2.48. The number of nitrogens with one attached hydrogen (secondary N) is 1. The second kappa shape index (κ2) is 6.89. The van der Waals surface area contributed by atoms with E-state index in [1.807, 2.05) is 10.3 Å². The van der Waals surface area contributed by atoms with Gasteiger partial charge in [0.2, 0.25) is 0 Å². The van der Waals surface area contributed by atoms with Crippen LogP contribution in [0.25, 0.3) is 0 Å². The minimum Gasteiger partial charge on any atom is -0.366 e. The number of thiazole rings is 1. The van der Waals surface area contributed by atoms with Gasteiger partial charge in [0.25, 0.3) is 0 Å². The van der Waals surface area contributed by atoms with Crippen LogP contribution >= 0.6 is 11.3 Å². The van der Waals surface area contributed by atoms with E-state index in [0.717, 1.165) is 56.3 Å². The van der Waals surface area contributed by atoms with Gasteiger partial charge in [0.15, 0.2) is 10.9 Å². The zero-order valence-electron chi connectivity index (χ0n) is 16.2. The third-order valence-corrected chi connectivity index (χ3v) is 6.71. The van der Waals surface area contributed by atoms with Crippen molar-refractivity contribution in [2.75, 3.05) is 60.3 Å². The van der Waals surface area contributed by atoms with Gasteiger partial charge in [0.05, 0.1) is 11.7 Å². The summed E-state index contributed by atoms with van der Waals surface area (Å²) in [4.78, 5) is 31.1. The molecule has 2 aromatic rings. The van der Waals surface area contributed by atoms with Crippen LogP contribution < -0.4 is 20.0 Å².